The molecule has 0 saturated carbocycles. The lowest BCUT2D eigenvalue weighted by Crippen LogP contribution is -1.78. The largest absolute Gasteiger partial charge is 0.0867 e. The molecule has 0 bridgehead atoms. The molecule has 0 fully saturated rings. The fraction of sp³-hybridized carbons (Fsp3) is 0.667. The molecule has 0 aliphatic heterocycles. The van der Waals surface area contributed by atoms with Crippen molar-refractivity contribution in [3.63, 3.8) is 0 Å². The van der Waals surface area contributed by atoms with Crippen LogP contribution in [0.2, 0.25) is 0 Å². The summed E-state index contributed by atoms with van der Waals surface area (Å²) in [5.74, 6) is 0. The molecular formula is C3H5BrI. The minimum atomic E-state index is 0.646. The molecule has 0 aliphatic rings. The van der Waals surface area contributed by atoms with Gasteiger partial charge in [0.15, 0.2) is 0 Å². The zero-order chi connectivity index (χ0) is 4.28. The van der Waals surface area contributed by atoms with Crippen molar-refractivity contribution in [3.05, 3.63) is 5.33 Å². The average molecular weight is 248 g/mol. The summed E-state index contributed by atoms with van der Waals surface area (Å²) in [6, 6.07) is 0. The molecule has 31 valence electrons. The van der Waals surface area contributed by atoms with Gasteiger partial charge in [-0.1, -0.05) is 45.4 Å². The minimum Gasteiger partial charge on any atom is -0.0867 e. The van der Waals surface area contributed by atoms with E-state index in [2.05, 4.69) is 45.4 Å². The molecule has 1 unspecified atom stereocenters. The van der Waals surface area contributed by atoms with Gasteiger partial charge in [-0.25, -0.2) is 0 Å². The first-order valence-corrected chi connectivity index (χ1v) is 3.51. The van der Waals surface area contributed by atoms with Gasteiger partial charge in [-0.05, 0) is 0 Å². The number of halogens is 2. The number of alkyl halides is 1. The van der Waals surface area contributed by atoms with Crippen LogP contribution >= 0.6 is 38.5 Å². The van der Waals surface area contributed by atoms with Crippen LogP contribution in [0.1, 0.15) is 6.92 Å². The molecule has 0 aromatic heterocycles. The van der Waals surface area contributed by atoms with Crippen LogP contribution in [0.15, 0.2) is 0 Å². The van der Waals surface area contributed by atoms with Gasteiger partial charge < -0.3 is 0 Å². The lowest BCUT2D eigenvalue weighted by atomic mass is 10.6. The first-order chi connectivity index (χ1) is 2.27. The second kappa shape index (κ2) is 3.40. The van der Waals surface area contributed by atoms with E-state index < -0.39 is 0 Å². The Kier molecular flexibility index (Phi) is 4.23. The topological polar surface area (TPSA) is 0 Å². The Balaban J connectivity index is 2.54. The van der Waals surface area contributed by atoms with Gasteiger partial charge in [0, 0.05) is 9.25 Å². The lowest BCUT2D eigenvalue weighted by molar-refractivity contribution is 1.29. The standard InChI is InChI=1S/C3H5BrI/c1-3(5)2-4/h2-3H,1H3. The van der Waals surface area contributed by atoms with Crippen molar-refractivity contribution in [3.8, 4) is 0 Å². The molecule has 2 heteroatoms. The highest BCUT2D eigenvalue weighted by Gasteiger charge is 1.85. The second-order valence-electron chi connectivity index (χ2n) is 0.804. The van der Waals surface area contributed by atoms with Gasteiger partial charge in [0.05, 0.1) is 0 Å². The van der Waals surface area contributed by atoms with Crippen molar-refractivity contribution in [2.45, 2.75) is 10.8 Å². The van der Waals surface area contributed by atoms with Crippen LogP contribution in [0, 0.1) is 5.33 Å². The maximum absolute atomic E-state index is 3.18. The van der Waals surface area contributed by atoms with E-state index in [0.717, 1.165) is 0 Å². The summed E-state index contributed by atoms with van der Waals surface area (Å²) in [5.41, 5.74) is 0. The molecule has 1 radical (unpaired) electrons. The van der Waals surface area contributed by atoms with Crippen LogP contribution < -0.4 is 0 Å². The number of rotatable bonds is 1. The number of hydrogen-bond acceptors (Lipinski definition) is 0. The van der Waals surface area contributed by atoms with Crippen LogP contribution in [0.5, 0.6) is 0 Å². The smallest absolute Gasteiger partial charge is 0.0396 e. The average Bonchev–Trinajstić information content (AvgIpc) is 1.38. The predicted molar refractivity (Wildman–Crippen MR) is 36.7 cm³/mol. The number of hydrogen-bond donors (Lipinski definition) is 0. The van der Waals surface area contributed by atoms with Crippen molar-refractivity contribution in [1.29, 1.82) is 0 Å². The van der Waals surface area contributed by atoms with E-state index in [9.17, 15) is 0 Å². The predicted octanol–water partition coefficient (Wildman–Crippen LogP) is 2.37. The summed E-state index contributed by atoms with van der Waals surface area (Å²) in [4.78, 5) is 0. The van der Waals surface area contributed by atoms with Crippen molar-refractivity contribution < 1.29 is 0 Å². The van der Waals surface area contributed by atoms with Gasteiger partial charge in [0.1, 0.15) is 0 Å². The Morgan fingerprint density at radius 3 is 2.20 bits per heavy atom. The van der Waals surface area contributed by atoms with E-state index in [0.29, 0.717) is 3.92 Å². The van der Waals surface area contributed by atoms with E-state index in [1.807, 2.05) is 5.33 Å². The fourth-order valence-electron chi connectivity index (χ4n) is 0. The van der Waals surface area contributed by atoms with E-state index in [1.165, 1.54) is 0 Å². The van der Waals surface area contributed by atoms with E-state index >= 15 is 0 Å². The molecule has 0 aliphatic carbocycles. The van der Waals surface area contributed by atoms with E-state index in [4.69, 9.17) is 0 Å². The lowest BCUT2D eigenvalue weighted by Gasteiger charge is -1.85. The third-order valence-electron chi connectivity index (χ3n) is 0.174. The summed E-state index contributed by atoms with van der Waals surface area (Å²) >= 11 is 5.49. The normalized spacial score (nSPS) is 15.0. The Morgan fingerprint density at radius 2 is 2.20 bits per heavy atom. The molecule has 1 atom stereocenters. The van der Waals surface area contributed by atoms with Crippen LogP contribution in [-0.2, 0) is 0 Å². The van der Waals surface area contributed by atoms with Crippen molar-refractivity contribution in [2.75, 3.05) is 0 Å². The summed E-state index contributed by atoms with van der Waals surface area (Å²) < 4.78 is 0.646. The Hall–Kier alpha value is 1.21. The van der Waals surface area contributed by atoms with Crippen LogP contribution in [0.4, 0.5) is 0 Å². The minimum absolute atomic E-state index is 0.646. The van der Waals surface area contributed by atoms with Crippen molar-refractivity contribution >= 4 is 38.5 Å². The van der Waals surface area contributed by atoms with Gasteiger partial charge in [0.2, 0.25) is 0 Å². The second-order valence-corrected chi connectivity index (χ2v) is 3.30. The molecule has 5 heavy (non-hydrogen) atoms. The summed E-state index contributed by atoms with van der Waals surface area (Å²) in [5, 5.41) is 1.97. The maximum atomic E-state index is 3.18. The molecule has 0 rings (SSSR count). The third kappa shape index (κ3) is 5.21. The molecule has 0 spiro atoms. The first-order valence-electron chi connectivity index (χ1n) is 1.35. The van der Waals surface area contributed by atoms with Gasteiger partial charge in [0.25, 0.3) is 0 Å². The van der Waals surface area contributed by atoms with Gasteiger partial charge in [-0.2, -0.15) is 0 Å². The van der Waals surface area contributed by atoms with Crippen LogP contribution in [0.3, 0.4) is 0 Å². The Morgan fingerprint density at radius 1 is 2.00 bits per heavy atom. The molecule has 0 nitrogen and oxygen atoms in total. The van der Waals surface area contributed by atoms with Crippen molar-refractivity contribution in [1.82, 2.24) is 0 Å². The zero-order valence-electron chi connectivity index (χ0n) is 2.91. The SMILES string of the molecule is CC(I)[CH]Br. The van der Waals surface area contributed by atoms with Gasteiger partial charge >= 0.3 is 0 Å². The van der Waals surface area contributed by atoms with Crippen LogP contribution in [0.25, 0.3) is 0 Å². The summed E-state index contributed by atoms with van der Waals surface area (Å²) in [6.45, 7) is 2.11. The molecule has 0 aromatic rings. The highest BCUT2D eigenvalue weighted by molar-refractivity contribution is 14.1. The molecule has 0 aromatic carbocycles. The maximum Gasteiger partial charge on any atom is 0.0396 e. The molecule has 0 amide bonds. The highest BCUT2D eigenvalue weighted by atomic mass is 127. The molecule has 0 saturated heterocycles. The monoisotopic (exact) mass is 247 g/mol. The summed E-state index contributed by atoms with van der Waals surface area (Å²) in [7, 11) is 0. The molecule has 0 heterocycles. The molecular weight excluding hydrogens is 243 g/mol. The van der Waals surface area contributed by atoms with Crippen molar-refractivity contribution in [2.24, 2.45) is 0 Å². The zero-order valence-corrected chi connectivity index (χ0v) is 6.65. The highest BCUT2D eigenvalue weighted by Crippen LogP contribution is 2.05. The van der Waals surface area contributed by atoms with Gasteiger partial charge in [-0.3, -0.25) is 0 Å². The third-order valence-corrected chi connectivity index (χ3v) is 2.31. The Bertz CT molecular complexity index is 20.9. The fourth-order valence-corrected chi connectivity index (χ4v) is 0. The summed E-state index contributed by atoms with van der Waals surface area (Å²) in [6.07, 6.45) is 0. The first kappa shape index (κ1) is 6.21. The van der Waals surface area contributed by atoms with E-state index in [-0.39, 0.29) is 0 Å². The van der Waals surface area contributed by atoms with Crippen LogP contribution in [-0.4, -0.2) is 3.92 Å². The van der Waals surface area contributed by atoms with E-state index in [1.54, 1.807) is 0 Å². The van der Waals surface area contributed by atoms with Gasteiger partial charge in [-0.15, -0.1) is 0 Å². The Labute approximate surface area is 54.6 Å². The molecule has 0 N–H and O–H groups in total. The quantitative estimate of drug-likeness (QED) is 0.493.